The lowest BCUT2D eigenvalue weighted by Gasteiger charge is -2.27. The highest BCUT2D eigenvalue weighted by molar-refractivity contribution is 7.80. The summed E-state index contributed by atoms with van der Waals surface area (Å²) < 4.78 is 2.24. The van der Waals surface area contributed by atoms with Crippen LogP contribution in [0, 0.1) is 6.92 Å². The van der Waals surface area contributed by atoms with Gasteiger partial charge in [0.25, 0.3) is 0 Å². The van der Waals surface area contributed by atoms with Crippen molar-refractivity contribution in [3.8, 4) is 0 Å². The first-order valence-corrected chi connectivity index (χ1v) is 11.9. The van der Waals surface area contributed by atoms with E-state index in [1.54, 1.807) is 0 Å². The molecule has 0 spiro atoms. The van der Waals surface area contributed by atoms with Gasteiger partial charge in [0.1, 0.15) is 0 Å². The Bertz CT molecular complexity index is 1220. The van der Waals surface area contributed by atoms with Gasteiger partial charge in [-0.25, -0.2) is 0 Å². The van der Waals surface area contributed by atoms with E-state index in [4.69, 9.17) is 35.4 Å². The molecule has 0 radical (unpaired) electrons. The highest BCUT2D eigenvalue weighted by atomic mass is 35.5. The van der Waals surface area contributed by atoms with Crippen LogP contribution in [0.25, 0.3) is 0 Å². The number of halogens is 2. The van der Waals surface area contributed by atoms with Crippen molar-refractivity contribution in [1.29, 1.82) is 0 Å². The topological polar surface area (TPSA) is 20.2 Å². The van der Waals surface area contributed by atoms with Crippen LogP contribution in [0.15, 0.2) is 91.1 Å². The minimum Gasteiger partial charge on any atom is -0.345 e. The highest BCUT2D eigenvalue weighted by Crippen LogP contribution is 2.24. The normalized spacial score (nSPS) is 10.8. The zero-order chi connectivity index (χ0) is 23.2. The largest absolute Gasteiger partial charge is 0.345 e. The summed E-state index contributed by atoms with van der Waals surface area (Å²) in [6.07, 6.45) is 2.10. The van der Waals surface area contributed by atoms with Crippen molar-refractivity contribution < 1.29 is 0 Å². The zero-order valence-corrected chi connectivity index (χ0v) is 20.7. The Labute approximate surface area is 210 Å². The summed E-state index contributed by atoms with van der Waals surface area (Å²) >= 11 is 18.2. The van der Waals surface area contributed by atoms with E-state index in [0.717, 1.165) is 22.8 Å². The molecule has 33 heavy (non-hydrogen) atoms. The molecule has 1 N–H and O–H groups in total. The molecule has 0 unspecified atom stereocenters. The lowest BCUT2D eigenvalue weighted by molar-refractivity contribution is 0.399. The number of hydrogen-bond donors (Lipinski definition) is 1. The maximum Gasteiger partial charge on any atom is 0.174 e. The second-order valence-corrected chi connectivity index (χ2v) is 9.17. The molecule has 1 aromatic heterocycles. The Morgan fingerprint density at radius 1 is 0.848 bits per heavy atom. The average Bonchev–Trinajstić information content (AvgIpc) is 3.25. The Hall–Kier alpha value is -2.79. The molecular formula is C27H25Cl2N3S. The second kappa shape index (κ2) is 10.9. The van der Waals surface area contributed by atoms with E-state index in [0.29, 0.717) is 23.2 Å². The van der Waals surface area contributed by atoms with E-state index in [-0.39, 0.29) is 0 Å². The minimum absolute atomic E-state index is 0.656. The quantitative estimate of drug-likeness (QED) is 0.268. The summed E-state index contributed by atoms with van der Waals surface area (Å²) in [5.41, 5.74) is 5.46. The van der Waals surface area contributed by atoms with Crippen molar-refractivity contribution in [3.05, 3.63) is 124 Å². The van der Waals surface area contributed by atoms with E-state index in [2.05, 4.69) is 57.4 Å². The first-order valence-electron chi connectivity index (χ1n) is 10.7. The Morgan fingerprint density at radius 3 is 2.36 bits per heavy atom. The number of benzene rings is 3. The van der Waals surface area contributed by atoms with E-state index in [1.807, 2.05) is 55.5 Å². The minimum atomic E-state index is 0.656. The molecule has 3 aromatic carbocycles. The van der Waals surface area contributed by atoms with E-state index in [1.165, 1.54) is 16.8 Å². The van der Waals surface area contributed by atoms with Gasteiger partial charge in [0.05, 0.1) is 6.54 Å². The first-order chi connectivity index (χ1) is 16.0. The Balaban J connectivity index is 1.56. The van der Waals surface area contributed by atoms with Crippen LogP contribution in [-0.2, 0) is 19.6 Å². The number of anilines is 1. The molecule has 1 heterocycles. The Morgan fingerprint density at radius 2 is 1.61 bits per heavy atom. The average molecular weight is 494 g/mol. The number of hydrogen-bond acceptors (Lipinski definition) is 1. The van der Waals surface area contributed by atoms with Gasteiger partial charge in [-0.15, -0.1) is 0 Å². The fraction of sp³-hybridized carbons (Fsp3) is 0.148. The van der Waals surface area contributed by atoms with Crippen LogP contribution in [-0.4, -0.2) is 14.6 Å². The molecular weight excluding hydrogens is 469 g/mol. The van der Waals surface area contributed by atoms with Gasteiger partial charge in [0.15, 0.2) is 5.11 Å². The van der Waals surface area contributed by atoms with Gasteiger partial charge in [-0.1, -0.05) is 71.7 Å². The van der Waals surface area contributed by atoms with Crippen LogP contribution < -0.4 is 5.32 Å². The van der Waals surface area contributed by atoms with E-state index >= 15 is 0 Å². The standard InChI is InChI=1S/C27H25Cl2N3S/c1-20-25(29)10-5-11-26(20)30-27(33)32(18-21-7-3-2-4-8-21)19-24-9-6-16-31(24)17-22-12-14-23(28)15-13-22/h2-16H,17-19H2,1H3,(H,30,33). The second-order valence-electron chi connectivity index (χ2n) is 7.94. The predicted molar refractivity (Wildman–Crippen MR) is 143 cm³/mol. The molecule has 3 nitrogen and oxygen atoms in total. The summed E-state index contributed by atoms with van der Waals surface area (Å²) in [7, 11) is 0. The van der Waals surface area contributed by atoms with Crippen molar-refractivity contribution in [3.63, 3.8) is 0 Å². The van der Waals surface area contributed by atoms with E-state index in [9.17, 15) is 0 Å². The molecule has 168 valence electrons. The van der Waals surface area contributed by atoms with Gasteiger partial charge in [-0.05, 0) is 72.2 Å². The predicted octanol–water partition coefficient (Wildman–Crippen LogP) is 7.55. The maximum atomic E-state index is 6.32. The van der Waals surface area contributed by atoms with Crippen LogP contribution in [0.3, 0.4) is 0 Å². The molecule has 6 heteroatoms. The molecule has 0 bridgehead atoms. The molecule has 0 saturated carbocycles. The van der Waals surface area contributed by atoms with Gasteiger partial charge < -0.3 is 14.8 Å². The third-order valence-corrected chi connectivity index (χ3v) is 6.58. The van der Waals surface area contributed by atoms with Gasteiger partial charge in [0, 0.05) is 40.7 Å². The summed E-state index contributed by atoms with van der Waals surface area (Å²) in [5, 5.41) is 5.52. The van der Waals surface area contributed by atoms with Crippen molar-refractivity contribution in [2.24, 2.45) is 0 Å². The zero-order valence-electron chi connectivity index (χ0n) is 18.3. The number of thiocarbonyl (C=S) groups is 1. The molecule has 4 aromatic rings. The fourth-order valence-electron chi connectivity index (χ4n) is 3.67. The van der Waals surface area contributed by atoms with Crippen LogP contribution in [0.4, 0.5) is 5.69 Å². The molecule has 0 saturated heterocycles. The van der Waals surface area contributed by atoms with Gasteiger partial charge in [-0.2, -0.15) is 0 Å². The summed E-state index contributed by atoms with van der Waals surface area (Å²) in [6, 6.07) is 28.4. The van der Waals surface area contributed by atoms with Crippen molar-refractivity contribution in [2.75, 3.05) is 5.32 Å². The van der Waals surface area contributed by atoms with Crippen LogP contribution in [0.1, 0.15) is 22.4 Å². The van der Waals surface area contributed by atoms with Crippen LogP contribution in [0.5, 0.6) is 0 Å². The molecule has 0 fully saturated rings. The summed E-state index contributed by atoms with van der Waals surface area (Å²) in [5.74, 6) is 0. The lowest BCUT2D eigenvalue weighted by atomic mass is 10.2. The van der Waals surface area contributed by atoms with Gasteiger partial charge in [0.2, 0.25) is 0 Å². The van der Waals surface area contributed by atoms with Gasteiger partial charge >= 0.3 is 0 Å². The highest BCUT2D eigenvalue weighted by Gasteiger charge is 2.15. The molecule has 4 rings (SSSR count). The number of rotatable bonds is 7. The van der Waals surface area contributed by atoms with Gasteiger partial charge in [-0.3, -0.25) is 0 Å². The lowest BCUT2D eigenvalue weighted by Crippen LogP contribution is -2.34. The Kier molecular flexibility index (Phi) is 7.71. The summed E-state index contributed by atoms with van der Waals surface area (Å²) in [4.78, 5) is 2.18. The third-order valence-electron chi connectivity index (χ3n) is 5.56. The molecule has 0 aliphatic rings. The number of nitrogens with one attached hydrogen (secondary N) is 1. The number of aromatic nitrogens is 1. The first kappa shape index (κ1) is 23.4. The SMILES string of the molecule is Cc1c(Cl)cccc1NC(=S)N(Cc1ccccc1)Cc1cccn1Cc1ccc(Cl)cc1. The van der Waals surface area contributed by atoms with E-state index < -0.39 is 0 Å². The monoisotopic (exact) mass is 493 g/mol. The summed E-state index contributed by atoms with van der Waals surface area (Å²) in [6.45, 7) is 4.12. The van der Waals surface area contributed by atoms with Crippen LogP contribution in [0.2, 0.25) is 10.0 Å². The number of nitrogens with zero attached hydrogens (tertiary/aromatic N) is 2. The van der Waals surface area contributed by atoms with Crippen LogP contribution >= 0.6 is 35.4 Å². The van der Waals surface area contributed by atoms with Crippen molar-refractivity contribution in [2.45, 2.75) is 26.6 Å². The van der Waals surface area contributed by atoms with Crippen molar-refractivity contribution >= 4 is 46.2 Å². The maximum absolute atomic E-state index is 6.32. The smallest absolute Gasteiger partial charge is 0.174 e. The molecule has 0 atom stereocenters. The molecule has 0 aliphatic carbocycles. The third kappa shape index (κ3) is 6.17. The molecule has 0 amide bonds. The fourth-order valence-corrected chi connectivity index (χ4v) is 4.21. The van der Waals surface area contributed by atoms with Crippen molar-refractivity contribution in [1.82, 2.24) is 9.47 Å². The molecule has 0 aliphatic heterocycles.